The number of anilines is 1. The molecule has 3 rings (SSSR count). The van der Waals surface area contributed by atoms with Crippen LogP contribution in [-0.4, -0.2) is 39.9 Å². The lowest BCUT2D eigenvalue weighted by Crippen LogP contribution is -3.04. The van der Waals surface area contributed by atoms with Gasteiger partial charge in [0.25, 0.3) is 5.82 Å². The Morgan fingerprint density at radius 2 is 1.77 bits per heavy atom. The van der Waals surface area contributed by atoms with E-state index in [2.05, 4.69) is 42.6 Å². The van der Waals surface area contributed by atoms with Crippen molar-refractivity contribution in [3.05, 3.63) is 53.7 Å². The number of aromatic nitrogens is 1. The maximum absolute atomic E-state index is 12.6. The van der Waals surface area contributed by atoms with Gasteiger partial charge in [0.15, 0.2) is 0 Å². The van der Waals surface area contributed by atoms with Crippen LogP contribution < -0.4 is 15.2 Å². The summed E-state index contributed by atoms with van der Waals surface area (Å²) in [5.74, 6) is 0.803. The van der Waals surface area contributed by atoms with Crippen molar-refractivity contribution in [1.29, 1.82) is 0 Å². The maximum atomic E-state index is 12.6. The van der Waals surface area contributed by atoms with E-state index in [9.17, 15) is 8.42 Å². The first-order valence-corrected chi connectivity index (χ1v) is 10.5. The number of sulfonamides is 1. The summed E-state index contributed by atoms with van der Waals surface area (Å²) in [5.41, 5.74) is 2.56. The molecular formula is C19H28N4O2S+2. The Balaban J connectivity index is 1.67. The van der Waals surface area contributed by atoms with Gasteiger partial charge in [0.1, 0.15) is 24.2 Å². The third kappa shape index (κ3) is 4.41. The summed E-state index contributed by atoms with van der Waals surface area (Å²) in [6.45, 7) is 2.90. The van der Waals surface area contributed by atoms with Crippen molar-refractivity contribution in [3.8, 4) is 0 Å². The van der Waals surface area contributed by atoms with Crippen LogP contribution in [0, 0.1) is 0 Å². The van der Waals surface area contributed by atoms with E-state index in [0.29, 0.717) is 24.5 Å². The zero-order chi connectivity index (χ0) is 18.6. The molecule has 1 aliphatic rings. The first-order valence-electron chi connectivity index (χ1n) is 9.08. The second kappa shape index (κ2) is 8.16. The van der Waals surface area contributed by atoms with Gasteiger partial charge in [-0.2, -0.15) is 4.31 Å². The molecule has 1 saturated heterocycles. The van der Waals surface area contributed by atoms with Crippen molar-refractivity contribution in [2.45, 2.75) is 30.8 Å². The van der Waals surface area contributed by atoms with Crippen molar-refractivity contribution in [2.24, 2.45) is 0 Å². The standard InChI is InChI=1S/C19H26N4O2S/c1-22(2)15-17-8-4-3-7-16(17)13-20-19-10-9-18(14-21-19)26(24,25)23-11-5-6-12-23/h3-4,7-10,14H,5-6,11-13,15H2,1-2H3,(H,20,21)/p+2. The molecule has 1 aliphatic heterocycles. The summed E-state index contributed by atoms with van der Waals surface area (Å²) in [7, 11) is 0.902. The zero-order valence-electron chi connectivity index (χ0n) is 15.5. The number of rotatable bonds is 7. The molecule has 1 fully saturated rings. The van der Waals surface area contributed by atoms with Gasteiger partial charge in [-0.1, -0.05) is 24.3 Å². The van der Waals surface area contributed by atoms with Crippen LogP contribution in [0.4, 0.5) is 5.82 Å². The summed E-state index contributed by atoms with van der Waals surface area (Å²) in [5, 5.41) is 3.35. The minimum Gasteiger partial charge on any atom is -0.336 e. The Labute approximate surface area is 155 Å². The number of pyridine rings is 1. The van der Waals surface area contributed by atoms with Crippen LogP contribution in [0.5, 0.6) is 0 Å². The molecule has 0 saturated carbocycles. The molecule has 140 valence electrons. The van der Waals surface area contributed by atoms with E-state index >= 15 is 0 Å². The van der Waals surface area contributed by atoms with Gasteiger partial charge < -0.3 is 4.90 Å². The predicted molar refractivity (Wildman–Crippen MR) is 101 cm³/mol. The normalized spacial score (nSPS) is 15.5. The Bertz CT molecular complexity index is 829. The molecule has 0 radical (unpaired) electrons. The van der Waals surface area contributed by atoms with Crippen LogP contribution >= 0.6 is 0 Å². The highest BCUT2D eigenvalue weighted by molar-refractivity contribution is 7.89. The number of hydrogen-bond acceptors (Lipinski definition) is 3. The molecule has 0 aliphatic carbocycles. The second-order valence-corrected chi connectivity index (χ2v) is 8.99. The Kier molecular flexibility index (Phi) is 5.90. The second-order valence-electron chi connectivity index (χ2n) is 7.06. The number of benzene rings is 1. The molecule has 0 bridgehead atoms. The monoisotopic (exact) mass is 376 g/mol. The van der Waals surface area contributed by atoms with Crippen molar-refractivity contribution in [2.75, 3.05) is 32.5 Å². The van der Waals surface area contributed by atoms with Gasteiger partial charge in [-0.05, 0) is 18.9 Å². The van der Waals surface area contributed by atoms with E-state index in [1.807, 2.05) is 6.07 Å². The first kappa shape index (κ1) is 18.8. The third-order valence-corrected chi connectivity index (χ3v) is 6.51. The lowest BCUT2D eigenvalue weighted by atomic mass is 10.1. The minimum absolute atomic E-state index is 0.321. The van der Waals surface area contributed by atoms with E-state index in [1.165, 1.54) is 16.0 Å². The molecule has 0 spiro atoms. The van der Waals surface area contributed by atoms with Crippen molar-refractivity contribution in [1.82, 2.24) is 4.31 Å². The smallest absolute Gasteiger partial charge is 0.272 e. The Morgan fingerprint density at radius 3 is 2.38 bits per heavy atom. The average molecular weight is 377 g/mol. The lowest BCUT2D eigenvalue weighted by molar-refractivity contribution is -0.872. The molecule has 2 heterocycles. The maximum Gasteiger partial charge on any atom is 0.272 e. The van der Waals surface area contributed by atoms with E-state index < -0.39 is 10.0 Å². The largest absolute Gasteiger partial charge is 0.336 e. The van der Waals surface area contributed by atoms with E-state index in [4.69, 9.17) is 0 Å². The van der Waals surface area contributed by atoms with Gasteiger partial charge in [-0.25, -0.2) is 13.4 Å². The quantitative estimate of drug-likeness (QED) is 0.741. The number of aromatic amines is 1. The van der Waals surface area contributed by atoms with E-state index in [-0.39, 0.29) is 0 Å². The van der Waals surface area contributed by atoms with Crippen molar-refractivity contribution in [3.63, 3.8) is 0 Å². The molecule has 1 aromatic carbocycles. The van der Waals surface area contributed by atoms with Gasteiger partial charge in [0.2, 0.25) is 10.0 Å². The number of nitrogens with one attached hydrogen (secondary N) is 3. The summed E-state index contributed by atoms with van der Waals surface area (Å²) in [4.78, 5) is 4.77. The summed E-state index contributed by atoms with van der Waals surface area (Å²) >= 11 is 0. The van der Waals surface area contributed by atoms with Gasteiger partial charge in [0.05, 0.1) is 14.1 Å². The lowest BCUT2D eigenvalue weighted by Gasteiger charge is -2.14. The summed E-state index contributed by atoms with van der Waals surface area (Å²) < 4.78 is 26.7. The molecule has 0 amide bonds. The van der Waals surface area contributed by atoms with Crippen LogP contribution in [0.3, 0.4) is 0 Å². The Morgan fingerprint density at radius 1 is 1.08 bits per heavy atom. The molecular weight excluding hydrogens is 348 g/mol. The zero-order valence-corrected chi connectivity index (χ0v) is 16.3. The van der Waals surface area contributed by atoms with Crippen LogP contribution in [-0.2, 0) is 23.1 Å². The highest BCUT2D eigenvalue weighted by Gasteiger charge is 2.28. The molecule has 3 N–H and O–H groups in total. The van der Waals surface area contributed by atoms with Crippen LogP contribution in [0.25, 0.3) is 0 Å². The fraction of sp³-hybridized carbons (Fsp3) is 0.421. The van der Waals surface area contributed by atoms with Gasteiger partial charge in [-0.3, -0.25) is 5.32 Å². The van der Waals surface area contributed by atoms with Crippen LogP contribution in [0.1, 0.15) is 24.0 Å². The first-order chi connectivity index (χ1) is 12.5. The average Bonchev–Trinajstić information content (AvgIpc) is 3.16. The topological polar surface area (TPSA) is 68.0 Å². The molecule has 6 nitrogen and oxygen atoms in total. The minimum atomic E-state index is -3.37. The van der Waals surface area contributed by atoms with Gasteiger partial charge >= 0.3 is 0 Å². The van der Waals surface area contributed by atoms with Gasteiger partial charge in [0, 0.05) is 30.3 Å². The molecule has 1 aromatic heterocycles. The Hall–Kier alpha value is -1.96. The number of H-pyrrole nitrogens is 1. The fourth-order valence-corrected chi connectivity index (χ4v) is 4.72. The number of nitrogens with zero attached hydrogens (tertiary/aromatic N) is 1. The van der Waals surface area contributed by atoms with Crippen LogP contribution in [0.15, 0.2) is 47.5 Å². The van der Waals surface area contributed by atoms with Crippen LogP contribution in [0.2, 0.25) is 0 Å². The van der Waals surface area contributed by atoms with E-state index in [0.717, 1.165) is 25.2 Å². The van der Waals surface area contributed by atoms with E-state index in [1.54, 1.807) is 22.6 Å². The molecule has 26 heavy (non-hydrogen) atoms. The molecule has 2 aromatic rings. The van der Waals surface area contributed by atoms with Crippen molar-refractivity contribution >= 4 is 15.8 Å². The highest BCUT2D eigenvalue weighted by atomic mass is 32.2. The predicted octanol–water partition coefficient (Wildman–Crippen LogP) is 0.542. The summed E-state index contributed by atoms with van der Waals surface area (Å²) in [6.07, 6.45) is 3.46. The molecule has 0 unspecified atom stereocenters. The molecule has 7 heteroatoms. The van der Waals surface area contributed by atoms with Crippen molar-refractivity contribution < 1.29 is 18.3 Å². The third-order valence-electron chi connectivity index (χ3n) is 4.62. The highest BCUT2D eigenvalue weighted by Crippen LogP contribution is 2.20. The summed E-state index contributed by atoms with van der Waals surface area (Å²) in [6, 6.07) is 11.8. The number of hydrogen-bond donors (Lipinski definition) is 2. The van der Waals surface area contributed by atoms with Gasteiger partial charge in [-0.15, -0.1) is 0 Å². The SMILES string of the molecule is C[NH+](C)Cc1ccccc1CNc1ccc(S(=O)(=O)N2CCCC2)c[nH+]1. The molecule has 0 atom stereocenters. The fourth-order valence-electron chi connectivity index (χ4n) is 3.23. The number of quaternary nitrogens is 1.